The molecule has 0 radical (unpaired) electrons. The summed E-state index contributed by atoms with van der Waals surface area (Å²) in [5, 5.41) is 16.8. The van der Waals surface area contributed by atoms with Crippen LogP contribution in [-0.4, -0.2) is 38.2 Å². The Morgan fingerprint density at radius 2 is 2.54 bits per heavy atom. The first-order chi connectivity index (χ1) is 6.14. The average molecular weight is 202 g/mol. The van der Waals surface area contributed by atoms with Crippen LogP contribution in [-0.2, 0) is 0 Å². The molecule has 13 heavy (non-hydrogen) atoms. The summed E-state index contributed by atoms with van der Waals surface area (Å²) in [6, 6.07) is 0. The van der Waals surface area contributed by atoms with Crippen molar-refractivity contribution in [3.63, 3.8) is 0 Å². The standard InChI is InChI=1S/C7H14N4OS/c1-7(12,4-8)2-3-13-6-9-5-10-11-6/h5,12H,2-4,8H2,1H3,(H,9,10,11). The van der Waals surface area contributed by atoms with E-state index >= 15 is 0 Å². The predicted octanol–water partition coefficient (Wildman–Crippen LogP) is -0.00340. The molecule has 0 saturated heterocycles. The van der Waals surface area contributed by atoms with Gasteiger partial charge in [-0.05, 0) is 13.3 Å². The smallest absolute Gasteiger partial charge is 0.183 e. The number of rotatable bonds is 5. The highest BCUT2D eigenvalue weighted by molar-refractivity contribution is 7.99. The lowest BCUT2D eigenvalue weighted by atomic mass is 10.1. The Balaban J connectivity index is 2.21. The highest BCUT2D eigenvalue weighted by Gasteiger charge is 2.17. The maximum Gasteiger partial charge on any atom is 0.183 e. The first-order valence-corrected chi connectivity index (χ1v) is 5.03. The number of aromatic nitrogens is 3. The molecule has 4 N–H and O–H groups in total. The summed E-state index contributed by atoms with van der Waals surface area (Å²) < 4.78 is 0. The second-order valence-electron chi connectivity index (χ2n) is 3.09. The van der Waals surface area contributed by atoms with Crippen LogP contribution >= 0.6 is 11.8 Å². The highest BCUT2D eigenvalue weighted by Crippen LogP contribution is 2.16. The Kier molecular flexibility index (Phi) is 3.71. The van der Waals surface area contributed by atoms with Crippen LogP contribution in [0.5, 0.6) is 0 Å². The number of nitrogens with zero attached hydrogens (tertiary/aromatic N) is 2. The van der Waals surface area contributed by atoms with Gasteiger partial charge in [0, 0.05) is 12.3 Å². The van der Waals surface area contributed by atoms with Crippen molar-refractivity contribution in [2.75, 3.05) is 12.3 Å². The van der Waals surface area contributed by atoms with Crippen molar-refractivity contribution in [3.05, 3.63) is 6.33 Å². The molecule has 1 rings (SSSR count). The summed E-state index contributed by atoms with van der Waals surface area (Å²) in [6.07, 6.45) is 2.11. The van der Waals surface area contributed by atoms with Crippen molar-refractivity contribution < 1.29 is 5.11 Å². The van der Waals surface area contributed by atoms with Gasteiger partial charge < -0.3 is 10.8 Å². The lowest BCUT2D eigenvalue weighted by molar-refractivity contribution is 0.0665. The van der Waals surface area contributed by atoms with Crippen molar-refractivity contribution >= 4 is 11.8 Å². The van der Waals surface area contributed by atoms with Gasteiger partial charge in [-0.3, -0.25) is 5.10 Å². The number of nitrogens with two attached hydrogens (primary N) is 1. The molecule has 0 spiro atoms. The fourth-order valence-corrected chi connectivity index (χ4v) is 1.71. The van der Waals surface area contributed by atoms with E-state index in [0.29, 0.717) is 6.42 Å². The van der Waals surface area contributed by atoms with E-state index in [4.69, 9.17) is 5.73 Å². The second-order valence-corrected chi connectivity index (χ2v) is 4.17. The summed E-state index contributed by atoms with van der Waals surface area (Å²) >= 11 is 1.52. The van der Waals surface area contributed by atoms with Gasteiger partial charge in [0.15, 0.2) is 5.16 Å². The van der Waals surface area contributed by atoms with E-state index in [-0.39, 0.29) is 6.54 Å². The van der Waals surface area contributed by atoms with E-state index in [1.54, 1.807) is 6.92 Å². The summed E-state index contributed by atoms with van der Waals surface area (Å²) in [5.41, 5.74) is 4.60. The van der Waals surface area contributed by atoms with Crippen molar-refractivity contribution in [2.45, 2.75) is 24.1 Å². The molecule has 5 nitrogen and oxygen atoms in total. The lowest BCUT2D eigenvalue weighted by Crippen LogP contribution is -2.34. The molecular weight excluding hydrogens is 188 g/mol. The van der Waals surface area contributed by atoms with E-state index in [0.717, 1.165) is 10.9 Å². The predicted molar refractivity (Wildman–Crippen MR) is 51.4 cm³/mol. The minimum Gasteiger partial charge on any atom is -0.389 e. The number of hydrogen-bond acceptors (Lipinski definition) is 5. The summed E-state index contributed by atoms with van der Waals surface area (Å²) in [4.78, 5) is 3.95. The van der Waals surface area contributed by atoms with Crippen LogP contribution in [0.1, 0.15) is 13.3 Å². The molecule has 0 aliphatic carbocycles. The summed E-state index contributed by atoms with van der Waals surface area (Å²) in [5.74, 6) is 0.777. The van der Waals surface area contributed by atoms with Gasteiger partial charge >= 0.3 is 0 Å². The second kappa shape index (κ2) is 4.59. The zero-order chi connectivity index (χ0) is 9.73. The Hall–Kier alpha value is -0.590. The van der Waals surface area contributed by atoms with Gasteiger partial charge in [-0.2, -0.15) is 5.10 Å². The lowest BCUT2D eigenvalue weighted by Gasteiger charge is -2.19. The highest BCUT2D eigenvalue weighted by atomic mass is 32.2. The van der Waals surface area contributed by atoms with Crippen LogP contribution in [0.25, 0.3) is 0 Å². The summed E-state index contributed by atoms with van der Waals surface area (Å²) in [7, 11) is 0. The van der Waals surface area contributed by atoms with Crippen molar-refractivity contribution in [1.82, 2.24) is 15.2 Å². The van der Waals surface area contributed by atoms with Gasteiger partial charge in [-0.15, -0.1) is 0 Å². The fraction of sp³-hybridized carbons (Fsp3) is 0.714. The molecule has 0 amide bonds. The normalized spacial score (nSPS) is 15.6. The van der Waals surface area contributed by atoms with Crippen molar-refractivity contribution in [1.29, 1.82) is 0 Å². The molecule has 1 unspecified atom stereocenters. The molecule has 1 aromatic rings. The number of aromatic amines is 1. The largest absolute Gasteiger partial charge is 0.389 e. The quantitative estimate of drug-likeness (QED) is 0.585. The van der Waals surface area contributed by atoms with Crippen molar-refractivity contribution in [2.24, 2.45) is 5.73 Å². The van der Waals surface area contributed by atoms with Gasteiger partial charge in [-0.1, -0.05) is 11.8 Å². The Labute approximate surface area is 81.1 Å². The Morgan fingerprint density at radius 3 is 3.08 bits per heavy atom. The van der Waals surface area contributed by atoms with Gasteiger partial charge in [0.25, 0.3) is 0 Å². The number of H-pyrrole nitrogens is 1. The molecule has 1 aromatic heterocycles. The van der Waals surface area contributed by atoms with E-state index < -0.39 is 5.60 Å². The third kappa shape index (κ3) is 3.75. The third-order valence-corrected chi connectivity index (χ3v) is 2.59. The van der Waals surface area contributed by atoms with Gasteiger partial charge in [0.05, 0.1) is 5.60 Å². The van der Waals surface area contributed by atoms with Crippen molar-refractivity contribution in [3.8, 4) is 0 Å². The maximum absolute atomic E-state index is 9.57. The first-order valence-electron chi connectivity index (χ1n) is 4.05. The maximum atomic E-state index is 9.57. The van der Waals surface area contributed by atoms with Gasteiger partial charge in [0.1, 0.15) is 6.33 Å². The van der Waals surface area contributed by atoms with Crippen LogP contribution in [0.3, 0.4) is 0 Å². The number of aliphatic hydroxyl groups is 1. The average Bonchev–Trinajstić information content (AvgIpc) is 2.57. The molecule has 0 bridgehead atoms. The molecule has 1 atom stereocenters. The summed E-state index contributed by atoms with van der Waals surface area (Å²) in [6.45, 7) is 2.01. The minimum atomic E-state index is -0.771. The molecule has 1 heterocycles. The van der Waals surface area contributed by atoms with Crippen LogP contribution in [0, 0.1) is 0 Å². The van der Waals surface area contributed by atoms with E-state index in [1.807, 2.05) is 0 Å². The minimum absolute atomic E-state index is 0.282. The van der Waals surface area contributed by atoms with Crippen LogP contribution in [0.4, 0.5) is 0 Å². The molecule has 0 fully saturated rings. The Bertz CT molecular complexity index is 237. The monoisotopic (exact) mass is 202 g/mol. The molecule has 0 saturated carbocycles. The molecule has 0 aromatic carbocycles. The van der Waals surface area contributed by atoms with Gasteiger partial charge in [0.2, 0.25) is 0 Å². The molecule has 6 heteroatoms. The molecule has 0 aliphatic heterocycles. The van der Waals surface area contributed by atoms with Crippen LogP contribution in [0.15, 0.2) is 11.5 Å². The van der Waals surface area contributed by atoms with Gasteiger partial charge in [-0.25, -0.2) is 4.98 Å². The Morgan fingerprint density at radius 1 is 1.77 bits per heavy atom. The number of hydrogen-bond donors (Lipinski definition) is 3. The topological polar surface area (TPSA) is 87.8 Å². The van der Waals surface area contributed by atoms with Crippen LogP contribution in [0.2, 0.25) is 0 Å². The molecule has 0 aliphatic rings. The van der Waals surface area contributed by atoms with E-state index in [2.05, 4.69) is 15.2 Å². The third-order valence-electron chi connectivity index (χ3n) is 1.71. The fourth-order valence-electron chi connectivity index (χ4n) is 0.733. The number of nitrogens with one attached hydrogen (secondary N) is 1. The SMILES string of the molecule is CC(O)(CN)CCSc1ncn[nH]1. The van der Waals surface area contributed by atoms with E-state index in [9.17, 15) is 5.11 Å². The number of thioether (sulfide) groups is 1. The molecule has 74 valence electrons. The van der Waals surface area contributed by atoms with Crippen LogP contribution < -0.4 is 5.73 Å². The zero-order valence-electron chi connectivity index (χ0n) is 7.53. The van der Waals surface area contributed by atoms with E-state index in [1.165, 1.54) is 18.1 Å². The zero-order valence-corrected chi connectivity index (χ0v) is 8.34. The molecular formula is C7H14N4OS. The first kappa shape index (κ1) is 10.5.